The van der Waals surface area contributed by atoms with Gasteiger partial charge in [-0.3, -0.25) is 5.10 Å². The molecule has 3 aromatic heterocycles. The number of para-hydroxylation sites is 1. The van der Waals surface area contributed by atoms with Gasteiger partial charge >= 0.3 is 0 Å². The zero-order chi connectivity index (χ0) is 23.2. The van der Waals surface area contributed by atoms with Crippen molar-refractivity contribution in [3.8, 4) is 34.0 Å². The molecule has 5 rings (SSSR count). The second-order valence-corrected chi connectivity index (χ2v) is 9.33. The van der Waals surface area contributed by atoms with Crippen LogP contribution in [0.15, 0.2) is 67.0 Å². The average Bonchev–Trinajstić information content (AvgIpc) is 3.53. The second-order valence-electron chi connectivity index (χ2n) is 9.33. The number of nitrogens with one attached hydrogen (secondary N) is 2. The summed E-state index contributed by atoms with van der Waals surface area (Å²) in [5, 5.41) is 19.9. The van der Waals surface area contributed by atoms with Crippen molar-refractivity contribution in [3.63, 3.8) is 0 Å². The molecule has 0 radical (unpaired) electrons. The molecule has 6 nitrogen and oxygen atoms in total. The number of methoxy groups -OCH3 is 1. The fourth-order valence-electron chi connectivity index (χ4n) is 4.42. The lowest BCUT2D eigenvalue weighted by molar-refractivity contribution is 0.414. The zero-order valence-electron chi connectivity index (χ0n) is 19.3. The minimum Gasteiger partial charge on any atom is -0.496 e. The highest BCUT2D eigenvalue weighted by Crippen LogP contribution is 2.44. The van der Waals surface area contributed by atoms with Crippen molar-refractivity contribution in [1.82, 2.24) is 19.7 Å². The van der Waals surface area contributed by atoms with Crippen LogP contribution in [0.25, 0.3) is 33.3 Å². The Kier molecular flexibility index (Phi) is 5.01. The van der Waals surface area contributed by atoms with Crippen LogP contribution in [0.1, 0.15) is 32.0 Å². The summed E-state index contributed by atoms with van der Waals surface area (Å²) in [4.78, 5) is 3.10. The number of H-pyrrole nitrogens is 2. The first-order chi connectivity index (χ1) is 15.9. The average molecular weight is 441 g/mol. The van der Waals surface area contributed by atoms with Gasteiger partial charge in [-0.2, -0.15) is 5.10 Å². The minimum absolute atomic E-state index is 0.170. The van der Waals surface area contributed by atoms with Gasteiger partial charge in [-0.1, -0.05) is 57.2 Å². The molecule has 0 aliphatic rings. The highest BCUT2D eigenvalue weighted by atomic mass is 16.5. The lowest BCUT2D eigenvalue weighted by Crippen LogP contribution is -2.13. The molecular weight excluding hydrogens is 412 g/mol. The largest absolute Gasteiger partial charge is 0.496 e. The number of hydrogen-bond acceptors (Lipinski definition) is 3. The van der Waals surface area contributed by atoms with Gasteiger partial charge in [-0.25, -0.2) is 0 Å². The summed E-state index contributed by atoms with van der Waals surface area (Å²) in [7, 11) is 1.67. The van der Waals surface area contributed by atoms with Gasteiger partial charge in [0.1, 0.15) is 11.3 Å². The Balaban J connectivity index is 1.69. The van der Waals surface area contributed by atoms with Gasteiger partial charge < -0.3 is 19.4 Å². The van der Waals surface area contributed by atoms with Crippen LogP contribution < -0.4 is 4.74 Å². The Labute approximate surface area is 192 Å². The van der Waals surface area contributed by atoms with Gasteiger partial charge in [0, 0.05) is 23.4 Å². The van der Waals surface area contributed by atoms with E-state index in [2.05, 4.69) is 66.3 Å². The Morgan fingerprint density at radius 2 is 1.76 bits per heavy atom. The summed E-state index contributed by atoms with van der Waals surface area (Å²) in [5.41, 5.74) is 6.55. The molecule has 0 aliphatic heterocycles. The highest BCUT2D eigenvalue weighted by Gasteiger charge is 2.29. The van der Waals surface area contributed by atoms with E-state index in [1.807, 2.05) is 41.2 Å². The van der Waals surface area contributed by atoms with E-state index < -0.39 is 0 Å². The molecular formula is C27H28N4O2. The number of rotatable bonds is 5. The van der Waals surface area contributed by atoms with Crippen LogP contribution >= 0.6 is 0 Å². The third-order valence-electron chi connectivity index (χ3n) is 6.05. The summed E-state index contributed by atoms with van der Waals surface area (Å²) in [6.07, 6.45) is 3.90. The number of aromatic hydroxyl groups is 1. The van der Waals surface area contributed by atoms with E-state index in [1.54, 1.807) is 7.11 Å². The number of nitrogens with zero attached hydrogens (tertiary/aromatic N) is 2. The molecule has 3 N–H and O–H groups in total. The summed E-state index contributed by atoms with van der Waals surface area (Å²) in [6, 6.07) is 18.4. The minimum atomic E-state index is -0.203. The molecule has 0 bridgehead atoms. The van der Waals surface area contributed by atoms with Gasteiger partial charge in [-0.15, -0.1) is 0 Å². The van der Waals surface area contributed by atoms with Gasteiger partial charge in [0.25, 0.3) is 0 Å². The molecule has 0 amide bonds. The van der Waals surface area contributed by atoms with E-state index in [1.165, 1.54) is 0 Å². The van der Waals surface area contributed by atoms with Crippen molar-refractivity contribution in [2.75, 3.05) is 7.11 Å². The first kappa shape index (κ1) is 20.9. The fraction of sp³-hybridized carbons (Fsp3) is 0.222. The highest BCUT2D eigenvalue weighted by molar-refractivity contribution is 6.01. The Morgan fingerprint density at radius 1 is 1.00 bits per heavy atom. The lowest BCUT2D eigenvalue weighted by Gasteiger charge is -2.18. The molecule has 3 heterocycles. The predicted molar refractivity (Wildman–Crippen MR) is 132 cm³/mol. The summed E-state index contributed by atoms with van der Waals surface area (Å²) in [5.74, 6) is 0.922. The second kappa shape index (κ2) is 7.89. The van der Waals surface area contributed by atoms with Crippen LogP contribution in [0, 0.1) is 0 Å². The fourth-order valence-corrected chi connectivity index (χ4v) is 4.42. The molecule has 6 heteroatoms. The number of hydrogen-bond donors (Lipinski definition) is 3. The molecule has 0 saturated carbocycles. The van der Waals surface area contributed by atoms with Crippen molar-refractivity contribution in [1.29, 1.82) is 0 Å². The maximum Gasteiger partial charge on any atom is 0.218 e. The molecule has 0 aliphatic carbocycles. The molecule has 2 aromatic carbocycles. The molecule has 5 aromatic rings. The molecule has 33 heavy (non-hydrogen) atoms. The molecule has 0 unspecified atom stereocenters. The Hall–Kier alpha value is -3.93. The Bertz CT molecular complexity index is 1400. The molecule has 0 atom stereocenters. The van der Waals surface area contributed by atoms with Crippen molar-refractivity contribution < 1.29 is 9.84 Å². The first-order valence-corrected chi connectivity index (χ1v) is 11.0. The topological polar surface area (TPSA) is 78.9 Å². The summed E-state index contributed by atoms with van der Waals surface area (Å²) in [6.45, 7) is 6.90. The van der Waals surface area contributed by atoms with Crippen molar-refractivity contribution >= 4 is 10.9 Å². The van der Waals surface area contributed by atoms with Crippen LogP contribution in [0.3, 0.4) is 0 Å². The summed E-state index contributed by atoms with van der Waals surface area (Å²) >= 11 is 0. The quantitative estimate of drug-likeness (QED) is 0.310. The van der Waals surface area contributed by atoms with Gasteiger partial charge in [-0.05, 0) is 34.9 Å². The number of aromatic nitrogens is 4. The number of fused-ring (bicyclic) bond motifs is 1. The predicted octanol–water partition coefficient (Wildman–Crippen LogP) is 6.09. The van der Waals surface area contributed by atoms with Crippen LogP contribution in [-0.2, 0) is 12.0 Å². The maximum absolute atomic E-state index is 11.3. The SMILES string of the molecule is COc1ccccc1-c1c2c(C(C)(C)C)n[nH]c2c(O)n1Cc1ccc(-c2cc[nH]c2)cc1. The van der Waals surface area contributed by atoms with Crippen molar-refractivity contribution in [2.24, 2.45) is 0 Å². The normalized spacial score (nSPS) is 11.9. The van der Waals surface area contributed by atoms with Crippen LogP contribution in [0.5, 0.6) is 11.6 Å². The van der Waals surface area contributed by atoms with Crippen molar-refractivity contribution in [3.05, 3.63) is 78.2 Å². The third-order valence-corrected chi connectivity index (χ3v) is 6.05. The molecule has 168 valence electrons. The zero-order valence-corrected chi connectivity index (χ0v) is 19.3. The van der Waals surface area contributed by atoms with Crippen LogP contribution in [0.4, 0.5) is 0 Å². The van der Waals surface area contributed by atoms with E-state index in [4.69, 9.17) is 4.74 Å². The van der Waals surface area contributed by atoms with Crippen LogP contribution in [-0.4, -0.2) is 32.0 Å². The van der Waals surface area contributed by atoms with E-state index in [0.717, 1.165) is 44.8 Å². The Morgan fingerprint density at radius 3 is 2.42 bits per heavy atom. The number of ether oxygens (including phenoxy) is 1. The first-order valence-electron chi connectivity index (χ1n) is 11.0. The van der Waals surface area contributed by atoms with Crippen LogP contribution in [0.2, 0.25) is 0 Å². The van der Waals surface area contributed by atoms with E-state index in [9.17, 15) is 5.11 Å². The lowest BCUT2D eigenvalue weighted by atomic mass is 9.89. The van der Waals surface area contributed by atoms with Gasteiger partial charge in [0.2, 0.25) is 5.88 Å². The smallest absolute Gasteiger partial charge is 0.218 e. The summed E-state index contributed by atoms with van der Waals surface area (Å²) < 4.78 is 7.64. The number of aromatic amines is 2. The van der Waals surface area contributed by atoms with E-state index in [0.29, 0.717) is 12.1 Å². The van der Waals surface area contributed by atoms with Crippen molar-refractivity contribution in [2.45, 2.75) is 32.7 Å². The molecule has 0 spiro atoms. The standard InChI is InChI=1S/C27H28N4O2/c1-27(2,3)25-22-23(29-30-25)26(32)31(24(22)20-7-5-6-8-21(20)33-4)16-17-9-11-18(12-10-17)19-13-14-28-15-19/h5-15,28-29,32H,16H2,1-4H3. The number of benzene rings is 2. The van der Waals surface area contributed by atoms with E-state index in [-0.39, 0.29) is 11.3 Å². The maximum atomic E-state index is 11.3. The monoisotopic (exact) mass is 440 g/mol. The molecule has 0 fully saturated rings. The van der Waals surface area contributed by atoms with Gasteiger partial charge in [0.15, 0.2) is 0 Å². The van der Waals surface area contributed by atoms with Gasteiger partial charge in [0.05, 0.1) is 30.4 Å². The van der Waals surface area contributed by atoms with E-state index >= 15 is 0 Å². The molecule has 0 saturated heterocycles. The third kappa shape index (κ3) is 3.57.